The molecule has 4 aliphatic rings. The summed E-state index contributed by atoms with van der Waals surface area (Å²) in [6.45, 7) is 7.51. The van der Waals surface area contributed by atoms with Crippen LogP contribution in [0.2, 0.25) is 0 Å². The number of fused-ring (bicyclic) bond motifs is 5. The molecule has 0 N–H and O–H groups in total. The van der Waals surface area contributed by atoms with Gasteiger partial charge in [-0.2, -0.15) is 0 Å². The van der Waals surface area contributed by atoms with Gasteiger partial charge in [-0.15, -0.1) is 0 Å². The fourth-order valence-electron chi connectivity index (χ4n) is 8.72. The van der Waals surface area contributed by atoms with Crippen molar-refractivity contribution in [2.24, 2.45) is 34.5 Å². The Kier molecular flexibility index (Phi) is 4.87. The van der Waals surface area contributed by atoms with Crippen LogP contribution in [0.5, 0.6) is 0 Å². The number of likely N-dealkylation sites (tertiary alicyclic amines) is 1. The van der Waals surface area contributed by atoms with Gasteiger partial charge >= 0.3 is 0 Å². The first-order chi connectivity index (χ1) is 14.3. The molecule has 3 aliphatic carbocycles. The summed E-state index contributed by atoms with van der Waals surface area (Å²) in [6.07, 6.45) is 16.0. The molecule has 162 valence electrons. The smallest absolute Gasteiger partial charge is 0.222 e. The first kappa shape index (κ1) is 20.3. The molecule has 0 bridgehead atoms. The lowest BCUT2D eigenvalue weighted by Gasteiger charge is -2.62. The van der Waals surface area contributed by atoms with Crippen LogP contribution in [0, 0.1) is 34.5 Å². The van der Waals surface area contributed by atoms with Crippen LogP contribution >= 0.6 is 0 Å². The molecule has 30 heavy (non-hydrogen) atoms. The summed E-state index contributed by atoms with van der Waals surface area (Å²) in [4.78, 5) is 18.7. The zero-order valence-electron chi connectivity index (χ0n) is 19.2. The number of carbonyl (C=O) groups excluding carboxylic acids is 1. The molecule has 1 aromatic rings. The molecule has 0 radical (unpaired) electrons. The average molecular weight is 407 g/mol. The maximum absolute atomic E-state index is 12.4. The second-order valence-electron chi connectivity index (χ2n) is 11.3. The summed E-state index contributed by atoms with van der Waals surface area (Å²) >= 11 is 0. The van der Waals surface area contributed by atoms with Gasteiger partial charge in [0.25, 0.3) is 0 Å². The lowest BCUT2D eigenvalue weighted by atomic mass is 9.46. The molecule has 1 amide bonds. The summed E-state index contributed by atoms with van der Waals surface area (Å²) in [5, 5.41) is 0. The van der Waals surface area contributed by atoms with E-state index in [0.717, 1.165) is 30.6 Å². The SMILES string of the molecule is C/C(=C/c1ccncc1)[C@H]1CC[C@H]2[C@@H]3CC[C@H]4N(C)C(=O)CC[C@]4(C)[C@H]3CC[C@]12C. The van der Waals surface area contributed by atoms with Crippen molar-refractivity contribution in [3.63, 3.8) is 0 Å². The standard InChI is InChI=1S/C27H38N2O/c1-18(17-19-11-15-28-16-12-19)21-6-7-22-20-5-8-24-27(3,14-10-25(30)29(24)4)23(20)9-13-26(21,22)2/h11-12,15-17,20-24H,5-10,13-14H2,1-4H3/b18-17-/t20-,21+,22-,23-,24+,26+,27+/m0/s1. The molecule has 2 heterocycles. The zero-order chi connectivity index (χ0) is 21.1. The summed E-state index contributed by atoms with van der Waals surface area (Å²) in [6, 6.07) is 4.71. The van der Waals surface area contributed by atoms with Crippen LogP contribution in [0.4, 0.5) is 0 Å². The van der Waals surface area contributed by atoms with E-state index in [-0.39, 0.29) is 0 Å². The number of hydrogen-bond donors (Lipinski definition) is 0. The maximum Gasteiger partial charge on any atom is 0.222 e. The Morgan fingerprint density at radius 2 is 1.77 bits per heavy atom. The fourth-order valence-corrected chi connectivity index (χ4v) is 8.72. The number of allylic oxidation sites excluding steroid dienone is 1. The highest BCUT2D eigenvalue weighted by Crippen LogP contribution is 2.67. The number of pyridine rings is 1. The summed E-state index contributed by atoms with van der Waals surface area (Å²) in [5.74, 6) is 3.58. The monoisotopic (exact) mass is 406 g/mol. The van der Waals surface area contributed by atoms with E-state index in [1.807, 2.05) is 12.4 Å². The van der Waals surface area contributed by atoms with Crippen molar-refractivity contribution in [3.05, 3.63) is 35.7 Å². The maximum atomic E-state index is 12.4. The summed E-state index contributed by atoms with van der Waals surface area (Å²) in [5.41, 5.74) is 3.61. The van der Waals surface area contributed by atoms with E-state index in [1.165, 1.54) is 44.1 Å². The van der Waals surface area contributed by atoms with Crippen LogP contribution in [0.3, 0.4) is 0 Å². The minimum Gasteiger partial charge on any atom is -0.342 e. The molecular weight excluding hydrogens is 368 g/mol. The molecule has 3 nitrogen and oxygen atoms in total. The van der Waals surface area contributed by atoms with Gasteiger partial charge in [0.15, 0.2) is 0 Å². The first-order valence-corrected chi connectivity index (χ1v) is 12.2. The Hall–Kier alpha value is -1.64. The minimum atomic E-state index is 0.326. The Balaban J connectivity index is 1.40. The van der Waals surface area contributed by atoms with E-state index >= 15 is 0 Å². The first-order valence-electron chi connectivity index (χ1n) is 12.2. The molecule has 3 heteroatoms. The molecule has 4 fully saturated rings. The van der Waals surface area contributed by atoms with Crippen LogP contribution in [-0.2, 0) is 4.79 Å². The number of rotatable bonds is 2. The minimum absolute atomic E-state index is 0.326. The number of piperidine rings is 1. The lowest BCUT2D eigenvalue weighted by molar-refractivity contribution is -0.157. The van der Waals surface area contributed by atoms with Gasteiger partial charge in [0.2, 0.25) is 5.91 Å². The molecule has 3 saturated carbocycles. The largest absolute Gasteiger partial charge is 0.342 e. The number of nitrogens with zero attached hydrogens (tertiary/aromatic N) is 2. The quantitative estimate of drug-likeness (QED) is 0.607. The van der Waals surface area contributed by atoms with Crippen molar-refractivity contribution < 1.29 is 4.79 Å². The van der Waals surface area contributed by atoms with Crippen molar-refractivity contribution in [1.29, 1.82) is 0 Å². The van der Waals surface area contributed by atoms with Crippen LogP contribution in [-0.4, -0.2) is 28.9 Å². The summed E-state index contributed by atoms with van der Waals surface area (Å²) in [7, 11) is 2.07. The molecule has 0 spiro atoms. The van der Waals surface area contributed by atoms with E-state index in [9.17, 15) is 4.79 Å². The van der Waals surface area contributed by atoms with Crippen molar-refractivity contribution in [2.75, 3.05) is 7.05 Å². The predicted octanol–water partition coefficient (Wildman–Crippen LogP) is 5.96. The van der Waals surface area contributed by atoms with Crippen LogP contribution in [0.25, 0.3) is 6.08 Å². The number of carbonyl (C=O) groups is 1. The average Bonchev–Trinajstić information content (AvgIpc) is 3.09. The van der Waals surface area contributed by atoms with Crippen LogP contribution in [0.1, 0.15) is 77.7 Å². The highest BCUT2D eigenvalue weighted by molar-refractivity contribution is 5.77. The third-order valence-corrected chi connectivity index (χ3v) is 10.2. The molecule has 1 aliphatic heterocycles. The Bertz CT molecular complexity index is 848. The van der Waals surface area contributed by atoms with Crippen molar-refractivity contribution in [3.8, 4) is 0 Å². The van der Waals surface area contributed by atoms with Gasteiger partial charge in [-0.1, -0.05) is 25.5 Å². The lowest BCUT2D eigenvalue weighted by Crippen LogP contribution is -2.61. The molecule has 1 saturated heterocycles. The summed E-state index contributed by atoms with van der Waals surface area (Å²) < 4.78 is 0. The predicted molar refractivity (Wildman–Crippen MR) is 122 cm³/mol. The van der Waals surface area contributed by atoms with Gasteiger partial charge in [0.1, 0.15) is 0 Å². The fraction of sp³-hybridized carbons (Fsp3) is 0.704. The van der Waals surface area contributed by atoms with Gasteiger partial charge in [0.05, 0.1) is 0 Å². The third kappa shape index (κ3) is 2.91. The van der Waals surface area contributed by atoms with Crippen molar-refractivity contribution in [1.82, 2.24) is 9.88 Å². The third-order valence-electron chi connectivity index (χ3n) is 10.2. The topological polar surface area (TPSA) is 33.2 Å². The van der Waals surface area contributed by atoms with E-state index < -0.39 is 0 Å². The molecule has 0 unspecified atom stereocenters. The molecule has 0 aromatic carbocycles. The van der Waals surface area contributed by atoms with E-state index in [0.29, 0.717) is 28.7 Å². The van der Waals surface area contributed by atoms with Crippen molar-refractivity contribution >= 4 is 12.0 Å². The normalized spacial score (nSPS) is 43.7. The van der Waals surface area contributed by atoms with Crippen LogP contribution in [0.15, 0.2) is 30.1 Å². The number of hydrogen-bond acceptors (Lipinski definition) is 2. The highest BCUT2D eigenvalue weighted by atomic mass is 16.2. The molecule has 7 atom stereocenters. The van der Waals surface area contributed by atoms with Gasteiger partial charge in [-0.3, -0.25) is 9.78 Å². The Labute approximate surface area is 182 Å². The Morgan fingerprint density at radius 3 is 2.53 bits per heavy atom. The highest BCUT2D eigenvalue weighted by Gasteiger charge is 2.61. The van der Waals surface area contributed by atoms with Crippen LogP contribution < -0.4 is 0 Å². The van der Waals surface area contributed by atoms with Crippen molar-refractivity contribution in [2.45, 2.75) is 78.2 Å². The van der Waals surface area contributed by atoms with Gasteiger partial charge in [-0.05, 0) is 104 Å². The number of aromatic nitrogens is 1. The van der Waals surface area contributed by atoms with Gasteiger partial charge in [-0.25, -0.2) is 0 Å². The second kappa shape index (κ2) is 7.21. The van der Waals surface area contributed by atoms with E-state index in [1.54, 1.807) is 5.57 Å². The van der Waals surface area contributed by atoms with Gasteiger partial charge in [0, 0.05) is 31.9 Å². The molecule has 1 aromatic heterocycles. The second-order valence-corrected chi connectivity index (χ2v) is 11.3. The van der Waals surface area contributed by atoms with Gasteiger partial charge < -0.3 is 4.90 Å². The molecular formula is C27H38N2O. The van der Waals surface area contributed by atoms with E-state index in [2.05, 4.69) is 55.9 Å². The Morgan fingerprint density at radius 1 is 1.03 bits per heavy atom. The number of amides is 1. The van der Waals surface area contributed by atoms with E-state index in [4.69, 9.17) is 0 Å². The molecule has 5 rings (SSSR count). The zero-order valence-corrected chi connectivity index (χ0v) is 19.2.